The van der Waals surface area contributed by atoms with Gasteiger partial charge >= 0.3 is 0 Å². The number of amides is 1. The van der Waals surface area contributed by atoms with Crippen LogP contribution in [0.3, 0.4) is 0 Å². The Morgan fingerprint density at radius 3 is 2.26 bits per heavy atom. The molecule has 0 spiro atoms. The molecule has 0 aliphatic heterocycles. The summed E-state index contributed by atoms with van der Waals surface area (Å²) in [7, 11) is -3.43. The van der Waals surface area contributed by atoms with Gasteiger partial charge in [0.05, 0.1) is 17.6 Å². The summed E-state index contributed by atoms with van der Waals surface area (Å²) in [4.78, 5) is 12.0. The fourth-order valence-corrected chi connectivity index (χ4v) is 2.50. The van der Waals surface area contributed by atoms with Crippen molar-refractivity contribution in [2.75, 3.05) is 16.3 Å². The van der Waals surface area contributed by atoms with E-state index in [1.54, 1.807) is 54.6 Å². The molecule has 0 unspecified atom stereocenters. The van der Waals surface area contributed by atoms with E-state index in [4.69, 9.17) is 11.6 Å². The lowest BCUT2D eigenvalue weighted by atomic mass is 10.2. The molecule has 0 atom stereocenters. The third-order valence-corrected chi connectivity index (χ3v) is 3.62. The second kappa shape index (κ2) is 7.30. The highest BCUT2D eigenvalue weighted by Gasteiger charge is 2.08. The van der Waals surface area contributed by atoms with Gasteiger partial charge in [-0.2, -0.15) is 0 Å². The van der Waals surface area contributed by atoms with Crippen molar-refractivity contribution >= 4 is 45.0 Å². The Morgan fingerprint density at radius 2 is 1.65 bits per heavy atom. The molecule has 23 heavy (non-hydrogen) atoms. The minimum atomic E-state index is -3.43. The number of carbonyl (C=O) groups is 1. The van der Waals surface area contributed by atoms with Gasteiger partial charge in [-0.3, -0.25) is 9.52 Å². The first-order valence-electron chi connectivity index (χ1n) is 6.65. The first kappa shape index (κ1) is 17.1. The van der Waals surface area contributed by atoms with Crippen LogP contribution < -0.4 is 10.0 Å². The number of rotatable bonds is 5. The number of nitrogens with one attached hydrogen (secondary N) is 2. The van der Waals surface area contributed by atoms with Gasteiger partial charge in [0.2, 0.25) is 15.9 Å². The van der Waals surface area contributed by atoms with Crippen LogP contribution in [-0.2, 0) is 14.8 Å². The summed E-state index contributed by atoms with van der Waals surface area (Å²) < 4.78 is 25.0. The van der Waals surface area contributed by atoms with Crippen LogP contribution >= 0.6 is 11.6 Å². The molecule has 5 nitrogen and oxygen atoms in total. The highest BCUT2D eigenvalue weighted by Crippen LogP contribution is 2.22. The molecular formula is C16H15ClN2O3S. The van der Waals surface area contributed by atoms with Crippen LogP contribution in [0.15, 0.2) is 54.6 Å². The summed E-state index contributed by atoms with van der Waals surface area (Å²) in [6.45, 7) is 0. The molecule has 2 rings (SSSR count). The minimum Gasteiger partial charge on any atom is -0.321 e. The third-order valence-electron chi connectivity index (χ3n) is 2.78. The zero-order valence-corrected chi connectivity index (χ0v) is 13.9. The fraction of sp³-hybridized carbons (Fsp3) is 0.0625. The summed E-state index contributed by atoms with van der Waals surface area (Å²) in [5.74, 6) is -0.372. The number of benzene rings is 2. The van der Waals surface area contributed by atoms with Gasteiger partial charge in [0, 0.05) is 11.1 Å². The normalized spacial score (nSPS) is 11.4. The van der Waals surface area contributed by atoms with Gasteiger partial charge in [0.25, 0.3) is 0 Å². The van der Waals surface area contributed by atoms with E-state index in [9.17, 15) is 13.2 Å². The largest absolute Gasteiger partial charge is 0.321 e. The smallest absolute Gasteiger partial charge is 0.248 e. The number of hydrogen-bond donors (Lipinski definition) is 2. The van der Waals surface area contributed by atoms with Crippen molar-refractivity contribution in [1.29, 1.82) is 0 Å². The standard InChI is InChI=1S/C16H15ClN2O3S/c1-23(21,22)19-15-5-3-2-4-14(15)18-16(20)11-8-12-6-9-13(17)10-7-12/h2-11,19H,1H3,(H,18,20)/b11-8+. The monoisotopic (exact) mass is 350 g/mol. The van der Waals surface area contributed by atoms with Gasteiger partial charge in [-0.1, -0.05) is 35.9 Å². The Morgan fingerprint density at radius 1 is 1.04 bits per heavy atom. The SMILES string of the molecule is CS(=O)(=O)Nc1ccccc1NC(=O)/C=C/c1ccc(Cl)cc1. The quantitative estimate of drug-likeness (QED) is 0.812. The summed E-state index contributed by atoms with van der Waals surface area (Å²) in [5, 5.41) is 3.25. The molecule has 1 amide bonds. The van der Waals surface area contributed by atoms with Crippen LogP contribution in [0.2, 0.25) is 5.02 Å². The van der Waals surface area contributed by atoms with E-state index in [1.807, 2.05) is 0 Å². The molecule has 0 aromatic heterocycles. The number of para-hydroxylation sites is 2. The van der Waals surface area contributed by atoms with Crippen molar-refractivity contribution in [3.8, 4) is 0 Å². The van der Waals surface area contributed by atoms with Crippen LogP contribution in [0.25, 0.3) is 6.08 Å². The molecule has 0 bridgehead atoms. The van der Waals surface area contributed by atoms with Crippen molar-refractivity contribution in [2.24, 2.45) is 0 Å². The molecule has 7 heteroatoms. The van der Waals surface area contributed by atoms with E-state index in [0.29, 0.717) is 16.4 Å². The van der Waals surface area contributed by atoms with Crippen molar-refractivity contribution < 1.29 is 13.2 Å². The van der Waals surface area contributed by atoms with Gasteiger partial charge in [0.1, 0.15) is 0 Å². The molecule has 0 fully saturated rings. The molecule has 2 aromatic carbocycles. The van der Waals surface area contributed by atoms with Gasteiger partial charge in [-0.25, -0.2) is 8.42 Å². The Hall–Kier alpha value is -2.31. The Bertz CT molecular complexity index is 831. The molecule has 2 aromatic rings. The zero-order chi connectivity index (χ0) is 16.9. The summed E-state index contributed by atoms with van der Waals surface area (Å²) in [6.07, 6.45) is 4.05. The van der Waals surface area contributed by atoms with Crippen LogP contribution in [-0.4, -0.2) is 20.6 Å². The second-order valence-corrected chi connectivity index (χ2v) is 6.98. The molecule has 0 aliphatic rings. The lowest BCUT2D eigenvalue weighted by molar-refractivity contribution is -0.111. The number of carbonyl (C=O) groups excluding carboxylic acids is 1. The minimum absolute atomic E-state index is 0.309. The maximum Gasteiger partial charge on any atom is 0.248 e. The van der Waals surface area contributed by atoms with Crippen molar-refractivity contribution in [1.82, 2.24) is 0 Å². The highest BCUT2D eigenvalue weighted by molar-refractivity contribution is 7.92. The Balaban J connectivity index is 2.10. The number of halogens is 1. The van der Waals surface area contributed by atoms with Gasteiger partial charge in [-0.05, 0) is 35.9 Å². The van der Waals surface area contributed by atoms with E-state index in [1.165, 1.54) is 6.08 Å². The lowest BCUT2D eigenvalue weighted by Gasteiger charge is -2.10. The number of anilines is 2. The van der Waals surface area contributed by atoms with Crippen LogP contribution in [0, 0.1) is 0 Å². The van der Waals surface area contributed by atoms with Gasteiger partial charge < -0.3 is 5.32 Å². The molecule has 0 aliphatic carbocycles. The van der Waals surface area contributed by atoms with E-state index in [2.05, 4.69) is 10.0 Å². The van der Waals surface area contributed by atoms with Crippen LogP contribution in [0.1, 0.15) is 5.56 Å². The molecule has 0 saturated carbocycles. The summed E-state index contributed by atoms with van der Waals surface area (Å²) in [5.41, 5.74) is 1.51. The first-order chi connectivity index (χ1) is 10.8. The number of hydrogen-bond acceptors (Lipinski definition) is 3. The third kappa shape index (κ3) is 5.77. The van der Waals surface area contributed by atoms with Gasteiger partial charge in [0.15, 0.2) is 0 Å². The second-order valence-electron chi connectivity index (χ2n) is 4.79. The zero-order valence-electron chi connectivity index (χ0n) is 12.3. The van der Waals surface area contributed by atoms with E-state index in [-0.39, 0.29) is 5.91 Å². The Kier molecular flexibility index (Phi) is 5.41. The maximum absolute atomic E-state index is 12.0. The average Bonchev–Trinajstić information content (AvgIpc) is 2.47. The maximum atomic E-state index is 12.0. The molecule has 0 heterocycles. The van der Waals surface area contributed by atoms with E-state index < -0.39 is 10.0 Å². The topological polar surface area (TPSA) is 75.3 Å². The molecular weight excluding hydrogens is 336 g/mol. The number of sulfonamides is 1. The van der Waals surface area contributed by atoms with Crippen LogP contribution in [0.4, 0.5) is 11.4 Å². The molecule has 0 radical (unpaired) electrons. The fourth-order valence-electron chi connectivity index (χ4n) is 1.80. The predicted octanol–water partition coefficient (Wildman–Crippen LogP) is 3.36. The summed E-state index contributed by atoms with van der Waals surface area (Å²) >= 11 is 5.79. The van der Waals surface area contributed by atoms with Crippen molar-refractivity contribution in [3.05, 3.63) is 65.2 Å². The summed E-state index contributed by atoms with van der Waals surface area (Å²) in [6, 6.07) is 13.6. The molecule has 2 N–H and O–H groups in total. The molecule has 120 valence electrons. The average molecular weight is 351 g/mol. The Labute approximate surface area is 140 Å². The van der Waals surface area contributed by atoms with Crippen molar-refractivity contribution in [3.63, 3.8) is 0 Å². The van der Waals surface area contributed by atoms with E-state index in [0.717, 1.165) is 11.8 Å². The lowest BCUT2D eigenvalue weighted by Crippen LogP contribution is -2.14. The van der Waals surface area contributed by atoms with Crippen LogP contribution in [0.5, 0.6) is 0 Å². The predicted molar refractivity (Wildman–Crippen MR) is 94.0 cm³/mol. The first-order valence-corrected chi connectivity index (χ1v) is 8.92. The van der Waals surface area contributed by atoms with Gasteiger partial charge in [-0.15, -0.1) is 0 Å². The molecule has 0 saturated heterocycles. The highest BCUT2D eigenvalue weighted by atomic mass is 35.5. The van der Waals surface area contributed by atoms with Crippen molar-refractivity contribution in [2.45, 2.75) is 0 Å². The van der Waals surface area contributed by atoms with E-state index >= 15 is 0 Å².